The lowest BCUT2D eigenvalue weighted by molar-refractivity contribution is -0.117. The number of carbonyl (C=O) groups excluding carboxylic acids is 2. The van der Waals surface area contributed by atoms with Crippen LogP contribution in [0, 0.1) is 11.6 Å². The molecule has 3 rings (SSSR count). The number of hydrogen-bond acceptors (Lipinski definition) is 4. The number of anilines is 2. The van der Waals surface area contributed by atoms with Crippen molar-refractivity contribution in [2.45, 2.75) is 19.5 Å². The molecule has 1 fully saturated rings. The Morgan fingerprint density at radius 2 is 1.86 bits per heavy atom. The van der Waals surface area contributed by atoms with Crippen molar-refractivity contribution < 1.29 is 36.6 Å². The number of nitrogens with one attached hydrogen (secondary N) is 1. The number of amides is 2. The van der Waals surface area contributed by atoms with Crippen molar-refractivity contribution >= 4 is 23.2 Å². The maximum Gasteiger partial charge on any atom is 0.387 e. The van der Waals surface area contributed by atoms with Gasteiger partial charge < -0.3 is 19.7 Å². The molecule has 1 aliphatic heterocycles. The molecule has 0 aliphatic carbocycles. The molecule has 0 aromatic heterocycles. The minimum atomic E-state index is -3.26. The average Bonchev–Trinajstić information content (AvgIpc) is 3.06. The van der Waals surface area contributed by atoms with Gasteiger partial charge in [0, 0.05) is 30.8 Å². The highest BCUT2D eigenvalue weighted by atomic mass is 19.3. The summed E-state index contributed by atoms with van der Waals surface area (Å²) >= 11 is 0. The number of ether oxygens (including phenoxy) is 2. The maximum absolute atomic E-state index is 14.1. The average molecular weight is 412 g/mol. The van der Waals surface area contributed by atoms with Gasteiger partial charge in [-0.05, 0) is 24.6 Å². The molecular formula is C19H16F4N2O4. The molecule has 2 aromatic carbocycles. The highest BCUT2D eigenvalue weighted by molar-refractivity contribution is 6.05. The van der Waals surface area contributed by atoms with Gasteiger partial charge in [-0.1, -0.05) is 0 Å². The molecule has 0 atom stereocenters. The van der Waals surface area contributed by atoms with Gasteiger partial charge in [0.2, 0.25) is 5.91 Å². The predicted molar refractivity (Wildman–Crippen MR) is 95.5 cm³/mol. The van der Waals surface area contributed by atoms with E-state index < -0.39 is 35.5 Å². The van der Waals surface area contributed by atoms with Gasteiger partial charge in [-0.25, -0.2) is 8.78 Å². The Morgan fingerprint density at radius 3 is 2.41 bits per heavy atom. The fourth-order valence-electron chi connectivity index (χ4n) is 3.01. The molecule has 10 heteroatoms. The molecule has 6 nitrogen and oxygen atoms in total. The number of benzene rings is 2. The molecular weight excluding hydrogens is 396 g/mol. The molecule has 0 bridgehead atoms. The maximum atomic E-state index is 14.1. The van der Waals surface area contributed by atoms with Crippen LogP contribution in [0.25, 0.3) is 0 Å². The van der Waals surface area contributed by atoms with Gasteiger partial charge in [-0.2, -0.15) is 8.78 Å². The minimum absolute atomic E-state index is 0.113. The highest BCUT2D eigenvalue weighted by Gasteiger charge is 2.26. The Hall–Kier alpha value is -3.30. The molecule has 0 spiro atoms. The number of nitrogens with zero attached hydrogens (tertiary/aromatic N) is 1. The van der Waals surface area contributed by atoms with Crippen LogP contribution >= 0.6 is 0 Å². The summed E-state index contributed by atoms with van der Waals surface area (Å²) in [6, 6.07) is 5.37. The summed E-state index contributed by atoms with van der Waals surface area (Å²) in [5.74, 6) is -4.32. The van der Waals surface area contributed by atoms with E-state index in [1.165, 1.54) is 30.2 Å². The number of rotatable bonds is 6. The topological polar surface area (TPSA) is 67.9 Å². The van der Waals surface area contributed by atoms with Crippen LogP contribution in [-0.2, 0) is 4.79 Å². The summed E-state index contributed by atoms with van der Waals surface area (Å²) in [5, 5.41) is 2.33. The number of halogens is 4. The van der Waals surface area contributed by atoms with Gasteiger partial charge in [-0.3, -0.25) is 9.59 Å². The molecule has 154 valence electrons. The zero-order valence-electron chi connectivity index (χ0n) is 15.2. The Kier molecular flexibility index (Phi) is 5.90. The monoisotopic (exact) mass is 412 g/mol. The van der Waals surface area contributed by atoms with Crippen LogP contribution in [0.4, 0.5) is 28.9 Å². The summed E-state index contributed by atoms with van der Waals surface area (Å²) < 4.78 is 61.8. The van der Waals surface area contributed by atoms with Crippen molar-refractivity contribution in [2.75, 3.05) is 23.9 Å². The SMILES string of the molecule is COc1ccc(NC(=O)c2c(F)cc(OC(F)F)cc2F)cc1N1CCCC1=O. The second-order valence-electron chi connectivity index (χ2n) is 6.13. The van der Waals surface area contributed by atoms with Crippen LogP contribution in [-0.4, -0.2) is 32.1 Å². The first-order chi connectivity index (χ1) is 13.8. The van der Waals surface area contributed by atoms with Crippen molar-refractivity contribution in [3.63, 3.8) is 0 Å². The van der Waals surface area contributed by atoms with Crippen LogP contribution in [0.3, 0.4) is 0 Å². The number of hydrogen-bond donors (Lipinski definition) is 1. The third kappa shape index (κ3) is 4.41. The Morgan fingerprint density at radius 1 is 1.17 bits per heavy atom. The molecule has 0 radical (unpaired) electrons. The van der Waals surface area contributed by atoms with Gasteiger partial charge in [0.05, 0.1) is 12.8 Å². The van der Waals surface area contributed by atoms with Gasteiger partial charge in [0.15, 0.2) is 0 Å². The molecule has 0 unspecified atom stereocenters. The third-order valence-corrected chi connectivity index (χ3v) is 4.27. The van der Waals surface area contributed by atoms with Crippen molar-refractivity contribution in [3.05, 3.63) is 47.5 Å². The Bertz CT molecular complexity index is 929. The van der Waals surface area contributed by atoms with Crippen LogP contribution in [0.2, 0.25) is 0 Å². The van der Waals surface area contributed by atoms with E-state index in [1.807, 2.05) is 0 Å². The van der Waals surface area contributed by atoms with Crippen LogP contribution < -0.4 is 19.7 Å². The van der Waals surface area contributed by atoms with Gasteiger partial charge >= 0.3 is 6.61 Å². The summed E-state index contributed by atoms with van der Waals surface area (Å²) in [5.41, 5.74) is -0.382. The summed E-state index contributed by atoms with van der Waals surface area (Å²) in [7, 11) is 1.42. The molecule has 29 heavy (non-hydrogen) atoms. The van der Waals surface area contributed by atoms with E-state index in [2.05, 4.69) is 10.1 Å². The van der Waals surface area contributed by atoms with Crippen LogP contribution in [0.1, 0.15) is 23.2 Å². The minimum Gasteiger partial charge on any atom is -0.495 e. The van der Waals surface area contributed by atoms with Gasteiger partial charge in [-0.15, -0.1) is 0 Å². The van der Waals surface area contributed by atoms with E-state index in [0.717, 1.165) is 0 Å². The molecule has 1 saturated heterocycles. The van der Waals surface area contributed by atoms with Crippen LogP contribution in [0.5, 0.6) is 11.5 Å². The molecule has 1 aliphatic rings. The fraction of sp³-hybridized carbons (Fsp3) is 0.263. The first kappa shape index (κ1) is 20.4. The van der Waals surface area contributed by atoms with Crippen molar-refractivity contribution in [2.24, 2.45) is 0 Å². The summed E-state index contributed by atoms with van der Waals surface area (Å²) in [6.07, 6.45) is 1.05. The Balaban J connectivity index is 1.87. The smallest absolute Gasteiger partial charge is 0.387 e. The highest BCUT2D eigenvalue weighted by Crippen LogP contribution is 2.34. The number of carbonyl (C=O) groups is 2. The molecule has 0 saturated carbocycles. The van der Waals surface area contributed by atoms with Crippen LogP contribution in [0.15, 0.2) is 30.3 Å². The van der Waals surface area contributed by atoms with E-state index in [9.17, 15) is 27.2 Å². The lowest BCUT2D eigenvalue weighted by Crippen LogP contribution is -2.24. The van der Waals surface area contributed by atoms with E-state index in [4.69, 9.17) is 4.74 Å². The predicted octanol–water partition coefficient (Wildman–Crippen LogP) is 3.95. The van der Waals surface area contributed by atoms with Gasteiger partial charge in [0.25, 0.3) is 5.91 Å². The quantitative estimate of drug-likeness (QED) is 0.730. The van der Waals surface area contributed by atoms with Crippen molar-refractivity contribution in [1.82, 2.24) is 0 Å². The zero-order chi connectivity index (χ0) is 21.1. The van der Waals surface area contributed by atoms with E-state index in [0.29, 0.717) is 43.0 Å². The summed E-state index contributed by atoms with van der Waals surface area (Å²) in [6.45, 7) is -2.79. The van der Waals surface area contributed by atoms with E-state index >= 15 is 0 Å². The van der Waals surface area contributed by atoms with Crippen molar-refractivity contribution in [1.29, 1.82) is 0 Å². The molecule has 2 aromatic rings. The first-order valence-corrected chi connectivity index (χ1v) is 8.53. The standard InChI is InChI=1S/C19H16F4N2O4/c1-28-15-5-4-10(7-14(15)25-6-2-3-16(25)26)24-18(27)17-12(20)8-11(9-13(17)21)29-19(22)23/h4-5,7-9,19H,2-3,6H2,1H3,(H,24,27). The molecule has 1 N–H and O–H groups in total. The van der Waals surface area contributed by atoms with E-state index in [1.54, 1.807) is 0 Å². The second-order valence-corrected chi connectivity index (χ2v) is 6.13. The second kappa shape index (κ2) is 8.38. The number of alkyl halides is 2. The molecule has 2 amide bonds. The normalized spacial score (nSPS) is 13.7. The van der Waals surface area contributed by atoms with E-state index in [-0.39, 0.29) is 11.6 Å². The lowest BCUT2D eigenvalue weighted by atomic mass is 10.1. The molecule has 1 heterocycles. The first-order valence-electron chi connectivity index (χ1n) is 8.53. The lowest BCUT2D eigenvalue weighted by Gasteiger charge is -2.20. The van der Waals surface area contributed by atoms with Gasteiger partial charge in [0.1, 0.15) is 28.7 Å². The largest absolute Gasteiger partial charge is 0.495 e. The fourth-order valence-corrected chi connectivity index (χ4v) is 3.01. The summed E-state index contributed by atoms with van der Waals surface area (Å²) in [4.78, 5) is 25.9. The Labute approximate surface area is 163 Å². The van der Waals surface area contributed by atoms with Crippen molar-refractivity contribution in [3.8, 4) is 11.5 Å². The zero-order valence-corrected chi connectivity index (χ0v) is 15.2. The third-order valence-electron chi connectivity index (χ3n) is 4.27. The number of methoxy groups -OCH3 is 1.